The molecular weight excluding hydrogens is 285 g/mol. The second kappa shape index (κ2) is 5.74. The average Bonchev–Trinajstić information content (AvgIpc) is 2.82. The minimum Gasteiger partial charge on any atom is -0.307 e. The van der Waals surface area contributed by atoms with Crippen molar-refractivity contribution in [2.75, 3.05) is 6.54 Å². The number of halogens is 2. The molecular formula is C13H15BrFNO. The molecule has 1 saturated carbocycles. The molecule has 0 bridgehead atoms. The van der Waals surface area contributed by atoms with Crippen molar-refractivity contribution < 1.29 is 9.18 Å². The van der Waals surface area contributed by atoms with Gasteiger partial charge in [0.05, 0.1) is 12.1 Å². The van der Waals surface area contributed by atoms with Crippen LogP contribution in [0.3, 0.4) is 0 Å². The minimum atomic E-state index is -0.452. The molecule has 1 aromatic carbocycles. The summed E-state index contributed by atoms with van der Waals surface area (Å²) < 4.78 is 14.2. The lowest BCUT2D eigenvalue weighted by Gasteiger charge is -2.11. The molecule has 0 heterocycles. The van der Waals surface area contributed by atoms with Gasteiger partial charge in [-0.15, -0.1) is 0 Å². The second-order valence-electron chi connectivity index (χ2n) is 4.41. The van der Waals surface area contributed by atoms with E-state index in [4.69, 9.17) is 0 Å². The van der Waals surface area contributed by atoms with Gasteiger partial charge >= 0.3 is 0 Å². The zero-order valence-electron chi connectivity index (χ0n) is 9.51. The highest BCUT2D eigenvalue weighted by Gasteiger charge is 2.17. The van der Waals surface area contributed by atoms with Crippen LogP contribution in [0.4, 0.5) is 4.39 Å². The first-order chi connectivity index (χ1) is 8.16. The van der Waals surface area contributed by atoms with Crippen molar-refractivity contribution in [1.82, 2.24) is 5.32 Å². The van der Waals surface area contributed by atoms with Gasteiger partial charge in [0.1, 0.15) is 5.82 Å². The zero-order chi connectivity index (χ0) is 12.3. The Kier molecular flexibility index (Phi) is 4.29. The van der Waals surface area contributed by atoms with Gasteiger partial charge in [0, 0.05) is 10.5 Å². The Morgan fingerprint density at radius 2 is 2.12 bits per heavy atom. The molecule has 1 aromatic rings. The first kappa shape index (κ1) is 12.7. The van der Waals surface area contributed by atoms with Crippen molar-refractivity contribution in [3.8, 4) is 0 Å². The van der Waals surface area contributed by atoms with Crippen molar-refractivity contribution in [2.45, 2.75) is 31.7 Å². The van der Waals surface area contributed by atoms with Crippen LogP contribution >= 0.6 is 15.9 Å². The van der Waals surface area contributed by atoms with E-state index in [9.17, 15) is 9.18 Å². The Balaban J connectivity index is 1.96. The maximum Gasteiger partial charge on any atom is 0.179 e. The molecule has 2 nitrogen and oxygen atoms in total. The smallest absolute Gasteiger partial charge is 0.179 e. The van der Waals surface area contributed by atoms with Crippen LogP contribution in [-0.4, -0.2) is 18.4 Å². The minimum absolute atomic E-state index is 0.157. The van der Waals surface area contributed by atoms with Crippen LogP contribution in [0.1, 0.15) is 36.0 Å². The van der Waals surface area contributed by atoms with Gasteiger partial charge in [-0.3, -0.25) is 4.79 Å². The van der Waals surface area contributed by atoms with Crippen LogP contribution in [0.15, 0.2) is 22.7 Å². The van der Waals surface area contributed by atoms with E-state index in [1.807, 2.05) is 0 Å². The fourth-order valence-corrected chi connectivity index (χ4v) is 2.53. The van der Waals surface area contributed by atoms with Gasteiger partial charge in [-0.2, -0.15) is 0 Å². The molecule has 0 aromatic heterocycles. The number of hydrogen-bond donors (Lipinski definition) is 1. The van der Waals surface area contributed by atoms with E-state index in [-0.39, 0.29) is 17.9 Å². The summed E-state index contributed by atoms with van der Waals surface area (Å²) >= 11 is 3.24. The monoisotopic (exact) mass is 299 g/mol. The van der Waals surface area contributed by atoms with Gasteiger partial charge in [0.25, 0.3) is 0 Å². The maximum absolute atomic E-state index is 13.5. The number of carbonyl (C=O) groups is 1. The molecule has 2 rings (SSSR count). The fourth-order valence-electron chi connectivity index (χ4n) is 2.17. The number of Topliss-reactive ketones (excluding diaryl/α,β-unsaturated/α-hetero) is 1. The highest BCUT2D eigenvalue weighted by atomic mass is 79.9. The molecule has 0 aliphatic heterocycles. The molecule has 0 radical (unpaired) electrons. The summed E-state index contributed by atoms with van der Waals surface area (Å²) in [6, 6.07) is 4.87. The topological polar surface area (TPSA) is 29.1 Å². The third kappa shape index (κ3) is 3.36. The fraction of sp³-hybridized carbons (Fsp3) is 0.462. The Hall–Kier alpha value is -0.740. The van der Waals surface area contributed by atoms with Crippen molar-refractivity contribution >= 4 is 21.7 Å². The quantitative estimate of drug-likeness (QED) is 0.864. The molecule has 92 valence electrons. The SMILES string of the molecule is O=C(CNC1CCCC1)c1cc(Br)ccc1F. The summed E-state index contributed by atoms with van der Waals surface area (Å²) in [5.41, 5.74) is 0.157. The normalized spacial score (nSPS) is 16.4. The number of carbonyl (C=O) groups excluding carboxylic acids is 1. The van der Waals surface area contributed by atoms with Crippen LogP contribution < -0.4 is 5.32 Å². The van der Waals surface area contributed by atoms with Crippen LogP contribution in [0.2, 0.25) is 0 Å². The summed E-state index contributed by atoms with van der Waals surface area (Å²) in [7, 11) is 0. The molecule has 0 unspecified atom stereocenters. The van der Waals surface area contributed by atoms with E-state index in [1.54, 1.807) is 6.07 Å². The largest absolute Gasteiger partial charge is 0.307 e. The number of hydrogen-bond acceptors (Lipinski definition) is 2. The first-order valence-corrected chi connectivity index (χ1v) is 6.68. The Labute approximate surface area is 109 Å². The third-order valence-electron chi connectivity index (χ3n) is 3.14. The molecule has 17 heavy (non-hydrogen) atoms. The van der Waals surface area contributed by atoms with Crippen LogP contribution in [0, 0.1) is 5.82 Å². The van der Waals surface area contributed by atoms with E-state index < -0.39 is 5.82 Å². The molecule has 0 amide bonds. The number of ketones is 1. The van der Waals surface area contributed by atoms with E-state index in [2.05, 4.69) is 21.2 Å². The lowest BCUT2D eigenvalue weighted by molar-refractivity contribution is 0.0983. The summed E-state index contributed by atoms with van der Waals surface area (Å²) in [5, 5.41) is 3.20. The van der Waals surface area contributed by atoms with Crippen LogP contribution in [0.25, 0.3) is 0 Å². The third-order valence-corrected chi connectivity index (χ3v) is 3.63. The molecule has 1 aliphatic rings. The summed E-state index contributed by atoms with van der Waals surface area (Å²) in [6.45, 7) is 0.220. The summed E-state index contributed by atoms with van der Waals surface area (Å²) in [5.74, 6) is -0.637. The zero-order valence-corrected chi connectivity index (χ0v) is 11.1. The Bertz CT molecular complexity index is 416. The first-order valence-electron chi connectivity index (χ1n) is 5.88. The number of rotatable bonds is 4. The van der Waals surface area contributed by atoms with Crippen LogP contribution in [0.5, 0.6) is 0 Å². The highest BCUT2D eigenvalue weighted by Crippen LogP contribution is 2.18. The maximum atomic E-state index is 13.5. The lowest BCUT2D eigenvalue weighted by Crippen LogP contribution is -2.31. The van der Waals surface area contributed by atoms with Crippen molar-refractivity contribution in [1.29, 1.82) is 0 Å². The van der Waals surface area contributed by atoms with E-state index in [1.165, 1.54) is 25.0 Å². The standard InChI is InChI=1S/C13H15BrFNO/c14-9-5-6-12(15)11(7-9)13(17)8-16-10-3-1-2-4-10/h5-7,10,16H,1-4,8H2. The van der Waals surface area contributed by atoms with Gasteiger partial charge in [-0.1, -0.05) is 28.8 Å². The average molecular weight is 300 g/mol. The van der Waals surface area contributed by atoms with Crippen LogP contribution in [-0.2, 0) is 0 Å². The highest BCUT2D eigenvalue weighted by molar-refractivity contribution is 9.10. The van der Waals surface area contributed by atoms with Gasteiger partial charge in [-0.25, -0.2) is 4.39 Å². The number of benzene rings is 1. The van der Waals surface area contributed by atoms with E-state index in [0.29, 0.717) is 6.04 Å². The molecule has 0 saturated heterocycles. The molecule has 1 fully saturated rings. The molecule has 4 heteroatoms. The lowest BCUT2D eigenvalue weighted by atomic mass is 10.1. The molecule has 0 atom stereocenters. The molecule has 1 aliphatic carbocycles. The predicted molar refractivity (Wildman–Crippen MR) is 68.7 cm³/mol. The molecule has 0 spiro atoms. The Morgan fingerprint density at radius 1 is 1.41 bits per heavy atom. The number of nitrogens with one attached hydrogen (secondary N) is 1. The Morgan fingerprint density at radius 3 is 2.82 bits per heavy atom. The molecule has 1 N–H and O–H groups in total. The van der Waals surface area contributed by atoms with Gasteiger partial charge in [-0.05, 0) is 31.0 Å². The van der Waals surface area contributed by atoms with Gasteiger partial charge in [0.15, 0.2) is 5.78 Å². The summed E-state index contributed by atoms with van der Waals surface area (Å²) in [6.07, 6.45) is 4.68. The van der Waals surface area contributed by atoms with Crippen molar-refractivity contribution in [2.24, 2.45) is 0 Å². The van der Waals surface area contributed by atoms with Gasteiger partial charge < -0.3 is 5.32 Å². The van der Waals surface area contributed by atoms with Crippen molar-refractivity contribution in [3.05, 3.63) is 34.1 Å². The van der Waals surface area contributed by atoms with E-state index >= 15 is 0 Å². The predicted octanol–water partition coefficient (Wildman–Crippen LogP) is 3.30. The van der Waals surface area contributed by atoms with Crippen molar-refractivity contribution in [3.63, 3.8) is 0 Å². The summed E-state index contributed by atoms with van der Waals surface area (Å²) in [4.78, 5) is 11.9. The second-order valence-corrected chi connectivity index (χ2v) is 5.33. The van der Waals surface area contributed by atoms with Gasteiger partial charge in [0.2, 0.25) is 0 Å². The van der Waals surface area contributed by atoms with E-state index in [0.717, 1.165) is 17.3 Å².